The standard InChI is InChI=1S/C23H37N5O2.H2S/c1-25-11-13-27(14-12-25)21-7-4-9-28(17-21)23(30)24-15-22(29)18-26-10-8-19-5-2-3-6-20(19)16-26;/h2-3,5-6,21-22,29H,4,7-18H2,1H3,(H,24,30);1H2/t21?,22-;/m0./s1. The molecule has 1 aromatic rings. The van der Waals surface area contributed by atoms with Gasteiger partial charge in [-0.15, -0.1) is 0 Å². The molecule has 3 aliphatic heterocycles. The van der Waals surface area contributed by atoms with E-state index < -0.39 is 6.10 Å². The molecular weight excluding hydrogens is 410 g/mol. The van der Waals surface area contributed by atoms with Crippen molar-refractivity contribution in [2.24, 2.45) is 0 Å². The molecule has 31 heavy (non-hydrogen) atoms. The van der Waals surface area contributed by atoms with Crippen molar-refractivity contribution in [1.82, 2.24) is 24.9 Å². The lowest BCUT2D eigenvalue weighted by Crippen LogP contribution is -2.56. The number of nitrogens with zero attached hydrogens (tertiary/aromatic N) is 4. The Morgan fingerprint density at radius 3 is 2.65 bits per heavy atom. The van der Waals surface area contributed by atoms with E-state index in [0.29, 0.717) is 19.1 Å². The molecule has 2 fully saturated rings. The topological polar surface area (TPSA) is 62.3 Å². The summed E-state index contributed by atoms with van der Waals surface area (Å²) in [4.78, 5) is 21.8. The van der Waals surface area contributed by atoms with E-state index in [1.165, 1.54) is 17.5 Å². The second-order valence-electron chi connectivity index (χ2n) is 9.18. The third kappa shape index (κ3) is 6.58. The van der Waals surface area contributed by atoms with Gasteiger partial charge in [-0.05, 0) is 37.4 Å². The maximum absolute atomic E-state index is 12.7. The van der Waals surface area contributed by atoms with Gasteiger partial charge in [-0.1, -0.05) is 24.3 Å². The Bertz CT molecular complexity index is 713. The zero-order valence-electron chi connectivity index (χ0n) is 18.8. The number of aliphatic hydroxyl groups is 1. The minimum Gasteiger partial charge on any atom is -0.390 e. The van der Waals surface area contributed by atoms with Crippen LogP contribution in [0.25, 0.3) is 0 Å². The number of benzene rings is 1. The summed E-state index contributed by atoms with van der Waals surface area (Å²) >= 11 is 0. The number of aliphatic hydroxyl groups excluding tert-OH is 1. The average Bonchev–Trinajstić information content (AvgIpc) is 2.78. The SMILES string of the molecule is CN1CCN(C2CCCN(C(=O)NC[C@H](O)CN3CCc4ccccc4C3)C2)CC1.S. The molecule has 4 rings (SSSR count). The van der Waals surface area contributed by atoms with Gasteiger partial charge in [0.2, 0.25) is 0 Å². The molecule has 0 bridgehead atoms. The summed E-state index contributed by atoms with van der Waals surface area (Å²) in [6.07, 6.45) is 2.71. The minimum absolute atomic E-state index is 0. The molecule has 174 valence electrons. The zero-order chi connectivity index (χ0) is 20.9. The van der Waals surface area contributed by atoms with Crippen molar-refractivity contribution in [3.63, 3.8) is 0 Å². The highest BCUT2D eigenvalue weighted by molar-refractivity contribution is 7.59. The monoisotopic (exact) mass is 449 g/mol. The molecule has 7 nitrogen and oxygen atoms in total. The Balaban J connectivity index is 0.00000272. The van der Waals surface area contributed by atoms with Gasteiger partial charge in [0.15, 0.2) is 0 Å². The van der Waals surface area contributed by atoms with Crippen molar-refractivity contribution in [2.75, 3.05) is 66.0 Å². The van der Waals surface area contributed by atoms with E-state index in [1.807, 2.05) is 4.90 Å². The predicted octanol–water partition coefficient (Wildman–Crippen LogP) is 0.940. The molecule has 0 radical (unpaired) electrons. The second kappa shape index (κ2) is 11.5. The lowest BCUT2D eigenvalue weighted by molar-refractivity contribution is 0.0672. The van der Waals surface area contributed by atoms with E-state index in [9.17, 15) is 9.90 Å². The number of hydrogen-bond acceptors (Lipinski definition) is 5. The van der Waals surface area contributed by atoms with E-state index in [1.54, 1.807) is 0 Å². The van der Waals surface area contributed by atoms with Crippen LogP contribution >= 0.6 is 13.5 Å². The predicted molar refractivity (Wildman–Crippen MR) is 129 cm³/mol. The molecule has 0 aromatic heterocycles. The number of amides is 2. The van der Waals surface area contributed by atoms with Gasteiger partial charge in [-0.2, -0.15) is 13.5 Å². The van der Waals surface area contributed by atoms with Gasteiger partial charge in [-0.3, -0.25) is 9.80 Å². The van der Waals surface area contributed by atoms with Gasteiger partial charge in [0.1, 0.15) is 0 Å². The Morgan fingerprint density at radius 1 is 1.13 bits per heavy atom. The van der Waals surface area contributed by atoms with Crippen molar-refractivity contribution in [1.29, 1.82) is 0 Å². The highest BCUT2D eigenvalue weighted by atomic mass is 32.1. The molecule has 0 spiro atoms. The molecule has 8 heteroatoms. The maximum atomic E-state index is 12.7. The first-order chi connectivity index (χ1) is 14.6. The molecule has 1 aromatic carbocycles. The van der Waals surface area contributed by atoms with Crippen molar-refractivity contribution in [3.05, 3.63) is 35.4 Å². The number of fused-ring (bicyclic) bond motifs is 1. The van der Waals surface area contributed by atoms with Crippen LogP contribution in [0.2, 0.25) is 0 Å². The van der Waals surface area contributed by atoms with Gasteiger partial charge in [0, 0.05) is 71.5 Å². The lowest BCUT2D eigenvalue weighted by Gasteiger charge is -2.42. The van der Waals surface area contributed by atoms with Crippen molar-refractivity contribution < 1.29 is 9.90 Å². The largest absolute Gasteiger partial charge is 0.390 e. The number of carbonyl (C=O) groups excluding carboxylic acids is 1. The number of piperidine rings is 1. The van der Waals surface area contributed by atoms with E-state index in [0.717, 1.165) is 65.2 Å². The fourth-order valence-electron chi connectivity index (χ4n) is 5.01. The number of nitrogens with one attached hydrogen (secondary N) is 1. The number of β-amino-alcohol motifs (C(OH)–C–C–N with tert-alkyl or cyclic N) is 1. The Kier molecular flexibility index (Phi) is 9.04. The van der Waals surface area contributed by atoms with E-state index >= 15 is 0 Å². The number of carbonyl (C=O) groups is 1. The quantitative estimate of drug-likeness (QED) is 0.701. The number of hydrogen-bond donors (Lipinski definition) is 2. The van der Waals surface area contributed by atoms with Crippen LogP contribution in [0.3, 0.4) is 0 Å². The smallest absolute Gasteiger partial charge is 0.317 e. The van der Waals surface area contributed by atoms with E-state index in [2.05, 4.69) is 51.3 Å². The summed E-state index contributed by atoms with van der Waals surface area (Å²) < 4.78 is 0. The highest BCUT2D eigenvalue weighted by Gasteiger charge is 2.29. The van der Waals surface area contributed by atoms with Gasteiger partial charge >= 0.3 is 6.03 Å². The molecule has 2 atom stereocenters. The molecule has 3 heterocycles. The van der Waals surface area contributed by atoms with E-state index in [4.69, 9.17) is 0 Å². The number of likely N-dealkylation sites (N-methyl/N-ethyl adjacent to an activating group) is 1. The molecule has 1 unspecified atom stereocenters. The Hall–Kier alpha value is -1.32. The Labute approximate surface area is 193 Å². The summed E-state index contributed by atoms with van der Waals surface area (Å²) in [7, 11) is 2.17. The van der Waals surface area contributed by atoms with Crippen molar-refractivity contribution >= 4 is 19.5 Å². The summed E-state index contributed by atoms with van der Waals surface area (Å²) in [6, 6.07) is 8.97. The van der Waals surface area contributed by atoms with Gasteiger partial charge in [-0.25, -0.2) is 4.79 Å². The maximum Gasteiger partial charge on any atom is 0.317 e. The molecular formula is C23H39N5O2S. The molecule has 2 N–H and O–H groups in total. The van der Waals surface area contributed by atoms with Gasteiger partial charge in [0.05, 0.1) is 6.10 Å². The summed E-state index contributed by atoms with van der Waals surface area (Å²) in [6.45, 7) is 8.75. The number of piperazine rings is 1. The van der Waals surface area contributed by atoms with Crippen molar-refractivity contribution in [2.45, 2.75) is 38.0 Å². The van der Waals surface area contributed by atoms with Crippen LogP contribution in [0, 0.1) is 0 Å². The summed E-state index contributed by atoms with van der Waals surface area (Å²) in [5.74, 6) is 0. The molecule has 0 aliphatic carbocycles. The number of urea groups is 1. The third-order valence-electron chi connectivity index (χ3n) is 6.91. The van der Waals surface area contributed by atoms with Crippen LogP contribution in [0.5, 0.6) is 0 Å². The van der Waals surface area contributed by atoms with Crippen LogP contribution < -0.4 is 5.32 Å². The second-order valence-corrected chi connectivity index (χ2v) is 9.18. The van der Waals surface area contributed by atoms with Crippen LogP contribution in [-0.2, 0) is 13.0 Å². The van der Waals surface area contributed by atoms with Crippen LogP contribution in [0.15, 0.2) is 24.3 Å². The summed E-state index contributed by atoms with van der Waals surface area (Å²) in [5, 5.41) is 13.5. The number of rotatable bonds is 5. The summed E-state index contributed by atoms with van der Waals surface area (Å²) in [5.41, 5.74) is 2.76. The zero-order valence-corrected chi connectivity index (χ0v) is 19.8. The molecule has 2 amide bonds. The minimum atomic E-state index is -0.544. The first-order valence-electron chi connectivity index (χ1n) is 11.5. The lowest BCUT2D eigenvalue weighted by atomic mass is 10.00. The van der Waals surface area contributed by atoms with Crippen molar-refractivity contribution in [3.8, 4) is 0 Å². The first kappa shape index (κ1) is 24.3. The van der Waals surface area contributed by atoms with Crippen LogP contribution in [0.4, 0.5) is 4.79 Å². The normalized spacial score (nSPS) is 24.2. The third-order valence-corrected chi connectivity index (χ3v) is 6.91. The molecule has 3 aliphatic rings. The fraction of sp³-hybridized carbons (Fsp3) is 0.696. The highest BCUT2D eigenvalue weighted by Crippen LogP contribution is 2.19. The molecule has 0 saturated carbocycles. The van der Waals surface area contributed by atoms with Crippen LogP contribution in [-0.4, -0.2) is 109 Å². The fourth-order valence-corrected chi connectivity index (χ4v) is 5.01. The number of likely N-dealkylation sites (tertiary alicyclic amines) is 1. The van der Waals surface area contributed by atoms with Gasteiger partial charge in [0.25, 0.3) is 0 Å². The Morgan fingerprint density at radius 2 is 1.87 bits per heavy atom. The van der Waals surface area contributed by atoms with Crippen LogP contribution in [0.1, 0.15) is 24.0 Å². The van der Waals surface area contributed by atoms with Gasteiger partial charge < -0.3 is 20.2 Å². The average molecular weight is 450 g/mol. The first-order valence-corrected chi connectivity index (χ1v) is 11.5. The van der Waals surface area contributed by atoms with E-state index in [-0.39, 0.29) is 19.5 Å². The molecule has 2 saturated heterocycles.